The molecule has 33 heavy (non-hydrogen) atoms. The Morgan fingerprint density at radius 1 is 1.36 bits per heavy atom. The quantitative estimate of drug-likeness (QED) is 0.595. The van der Waals surface area contributed by atoms with E-state index in [1.54, 1.807) is 20.8 Å². The van der Waals surface area contributed by atoms with Crippen molar-refractivity contribution in [2.45, 2.75) is 45.2 Å². The second-order valence-corrected chi connectivity index (χ2v) is 7.94. The fourth-order valence-electron chi connectivity index (χ4n) is 4.19. The second kappa shape index (κ2) is 8.55. The highest BCUT2D eigenvalue weighted by molar-refractivity contribution is 5.67. The Bertz CT molecular complexity index is 1240. The number of alkyl halides is 3. The zero-order valence-corrected chi connectivity index (χ0v) is 18.1. The number of aliphatic carboxylic acids is 1. The SMILES string of the molecule is Cc1[nH]nc2c1C(c1cc(C#CCCC(=O)O)cc(C(F)(F)F)c1)(C(C)C)C(C#N)=C(N)O2. The summed E-state index contributed by atoms with van der Waals surface area (Å²) in [7, 11) is 0. The Morgan fingerprint density at radius 2 is 2.06 bits per heavy atom. The predicted octanol–water partition coefficient (Wildman–Crippen LogP) is 3.98. The van der Waals surface area contributed by atoms with Crippen molar-refractivity contribution in [1.82, 2.24) is 10.2 Å². The van der Waals surface area contributed by atoms with Crippen LogP contribution in [0.15, 0.2) is 29.7 Å². The van der Waals surface area contributed by atoms with E-state index in [0.717, 1.165) is 12.1 Å². The van der Waals surface area contributed by atoms with Gasteiger partial charge in [0, 0.05) is 17.7 Å². The largest absolute Gasteiger partial charge is 0.481 e. The van der Waals surface area contributed by atoms with Crippen LogP contribution in [0.25, 0.3) is 0 Å². The van der Waals surface area contributed by atoms with Crippen LogP contribution in [0.3, 0.4) is 0 Å². The monoisotopic (exact) mass is 458 g/mol. The van der Waals surface area contributed by atoms with E-state index in [9.17, 15) is 23.2 Å². The summed E-state index contributed by atoms with van der Waals surface area (Å²) >= 11 is 0. The number of hydrogen-bond acceptors (Lipinski definition) is 5. The summed E-state index contributed by atoms with van der Waals surface area (Å²) in [5, 5.41) is 25.6. The maximum absolute atomic E-state index is 13.8. The van der Waals surface area contributed by atoms with Crippen LogP contribution in [0.5, 0.6) is 5.88 Å². The molecule has 0 fully saturated rings. The maximum atomic E-state index is 13.8. The molecule has 0 spiro atoms. The van der Waals surface area contributed by atoms with Gasteiger partial charge < -0.3 is 15.6 Å². The van der Waals surface area contributed by atoms with Gasteiger partial charge in [0.2, 0.25) is 11.8 Å². The molecular weight excluding hydrogens is 437 g/mol. The van der Waals surface area contributed by atoms with Gasteiger partial charge in [0.15, 0.2) is 0 Å². The number of carbonyl (C=O) groups is 1. The number of nitrogens with one attached hydrogen (secondary N) is 1. The normalized spacial score (nSPS) is 17.6. The van der Waals surface area contributed by atoms with Crippen molar-refractivity contribution in [1.29, 1.82) is 5.26 Å². The molecule has 1 aromatic carbocycles. The van der Waals surface area contributed by atoms with Gasteiger partial charge in [-0.1, -0.05) is 25.7 Å². The van der Waals surface area contributed by atoms with Crippen molar-refractivity contribution in [3.05, 3.63) is 57.6 Å². The first-order valence-electron chi connectivity index (χ1n) is 9.99. The van der Waals surface area contributed by atoms with Crippen LogP contribution in [0, 0.1) is 36.0 Å². The highest BCUT2D eigenvalue weighted by Crippen LogP contribution is 2.53. The van der Waals surface area contributed by atoms with Crippen LogP contribution < -0.4 is 10.5 Å². The molecule has 1 unspecified atom stereocenters. The number of aryl methyl sites for hydroxylation is 1. The number of allylic oxidation sites excluding steroid dienone is 1. The molecule has 1 aliphatic rings. The van der Waals surface area contributed by atoms with E-state index in [2.05, 4.69) is 22.0 Å². The summed E-state index contributed by atoms with van der Waals surface area (Å²) in [5.41, 5.74) is 4.80. The molecule has 7 nitrogen and oxygen atoms in total. The molecule has 172 valence electrons. The Hall–Kier alpha value is -3.92. The van der Waals surface area contributed by atoms with Gasteiger partial charge in [0.05, 0.1) is 23.0 Å². The Kier molecular flexibility index (Phi) is 6.15. The summed E-state index contributed by atoms with van der Waals surface area (Å²) in [6.07, 6.45) is -4.94. The number of nitriles is 1. The van der Waals surface area contributed by atoms with Crippen molar-refractivity contribution in [3.8, 4) is 23.8 Å². The predicted molar refractivity (Wildman–Crippen MR) is 112 cm³/mol. The standard InChI is InChI=1S/C23H21F3N4O3/c1-12(2)22(17(11-27)20(28)33-21-19(22)13(3)29-30-21)15-8-14(6-4-5-7-18(31)32)9-16(10-15)23(24,25)26/h8-10,12H,5,7,28H2,1-3H3,(H,29,30)(H,31,32). The zero-order chi connectivity index (χ0) is 24.6. The van der Waals surface area contributed by atoms with E-state index in [0.29, 0.717) is 11.3 Å². The number of ether oxygens (including phenoxy) is 1. The van der Waals surface area contributed by atoms with Crippen LogP contribution in [0.2, 0.25) is 0 Å². The minimum absolute atomic E-state index is 0.0225. The maximum Gasteiger partial charge on any atom is 0.416 e. The summed E-state index contributed by atoms with van der Waals surface area (Å²) in [6.45, 7) is 5.22. The molecule has 0 aliphatic carbocycles. The Labute approximate surface area is 188 Å². The minimum Gasteiger partial charge on any atom is -0.481 e. The van der Waals surface area contributed by atoms with Crippen LogP contribution in [0.4, 0.5) is 13.2 Å². The van der Waals surface area contributed by atoms with E-state index < -0.39 is 29.0 Å². The lowest BCUT2D eigenvalue weighted by atomic mass is 9.61. The Balaban J connectivity index is 2.36. The number of fused-ring (bicyclic) bond motifs is 1. The first-order valence-corrected chi connectivity index (χ1v) is 9.99. The third-order valence-corrected chi connectivity index (χ3v) is 5.55. The first-order chi connectivity index (χ1) is 15.4. The highest BCUT2D eigenvalue weighted by atomic mass is 19.4. The number of aromatic amines is 1. The van der Waals surface area contributed by atoms with Gasteiger partial charge in [0.1, 0.15) is 11.6 Å². The number of benzene rings is 1. The van der Waals surface area contributed by atoms with Gasteiger partial charge >= 0.3 is 12.1 Å². The number of carboxylic acid groups (broad SMARTS) is 1. The molecule has 0 amide bonds. The third-order valence-electron chi connectivity index (χ3n) is 5.55. The molecule has 3 rings (SSSR count). The van der Waals surface area contributed by atoms with Crippen molar-refractivity contribution >= 4 is 5.97 Å². The van der Waals surface area contributed by atoms with Gasteiger partial charge in [-0.3, -0.25) is 9.89 Å². The number of carboxylic acids is 1. The van der Waals surface area contributed by atoms with Gasteiger partial charge in [-0.25, -0.2) is 0 Å². The number of rotatable bonds is 4. The highest BCUT2D eigenvalue weighted by Gasteiger charge is 2.51. The molecule has 2 heterocycles. The molecule has 1 atom stereocenters. The smallest absolute Gasteiger partial charge is 0.416 e. The van der Waals surface area contributed by atoms with Gasteiger partial charge in [-0.2, -0.15) is 18.4 Å². The van der Waals surface area contributed by atoms with Gasteiger partial charge in [-0.15, -0.1) is 5.10 Å². The molecule has 0 bridgehead atoms. The fourth-order valence-corrected chi connectivity index (χ4v) is 4.19. The van der Waals surface area contributed by atoms with Crippen molar-refractivity contribution in [2.24, 2.45) is 11.7 Å². The van der Waals surface area contributed by atoms with Crippen LogP contribution in [0.1, 0.15) is 54.6 Å². The first kappa shape index (κ1) is 23.7. The molecule has 1 aliphatic heterocycles. The molecule has 0 saturated heterocycles. The third kappa shape index (κ3) is 4.12. The number of hydrogen-bond donors (Lipinski definition) is 3. The fraction of sp³-hybridized carbons (Fsp3) is 0.348. The minimum atomic E-state index is -4.69. The number of aromatic nitrogens is 2. The molecular formula is C23H21F3N4O3. The number of nitrogens with two attached hydrogens (primary N) is 1. The topological polar surface area (TPSA) is 125 Å². The van der Waals surface area contributed by atoms with E-state index in [1.807, 2.05) is 6.07 Å². The average molecular weight is 458 g/mol. The van der Waals surface area contributed by atoms with Crippen molar-refractivity contribution < 1.29 is 27.8 Å². The summed E-state index contributed by atoms with van der Waals surface area (Å²) in [4.78, 5) is 10.7. The van der Waals surface area contributed by atoms with Crippen LogP contribution in [-0.4, -0.2) is 21.3 Å². The van der Waals surface area contributed by atoms with Gasteiger partial charge in [-0.05, 0) is 36.6 Å². The lowest BCUT2D eigenvalue weighted by molar-refractivity contribution is -0.138. The average Bonchev–Trinajstić information content (AvgIpc) is 3.09. The van der Waals surface area contributed by atoms with E-state index in [4.69, 9.17) is 15.6 Å². The number of H-pyrrole nitrogens is 1. The molecule has 1 aromatic heterocycles. The number of nitrogens with zero attached hydrogens (tertiary/aromatic N) is 2. The summed E-state index contributed by atoms with van der Waals surface area (Å²) < 4.78 is 47.0. The van der Waals surface area contributed by atoms with Crippen LogP contribution >= 0.6 is 0 Å². The lowest BCUT2D eigenvalue weighted by Crippen LogP contribution is -2.41. The zero-order valence-electron chi connectivity index (χ0n) is 18.1. The van der Waals surface area contributed by atoms with Crippen molar-refractivity contribution in [2.75, 3.05) is 0 Å². The summed E-state index contributed by atoms with van der Waals surface area (Å²) in [5.74, 6) is 3.59. The molecule has 0 saturated carbocycles. The van der Waals surface area contributed by atoms with Crippen molar-refractivity contribution in [3.63, 3.8) is 0 Å². The summed E-state index contributed by atoms with van der Waals surface area (Å²) in [6, 6.07) is 5.37. The van der Waals surface area contributed by atoms with E-state index in [1.165, 1.54) is 6.07 Å². The van der Waals surface area contributed by atoms with E-state index >= 15 is 0 Å². The van der Waals surface area contributed by atoms with E-state index in [-0.39, 0.29) is 41.3 Å². The van der Waals surface area contributed by atoms with Crippen LogP contribution in [-0.2, 0) is 16.4 Å². The molecule has 0 radical (unpaired) electrons. The Morgan fingerprint density at radius 3 is 2.64 bits per heavy atom. The number of halogens is 3. The second-order valence-electron chi connectivity index (χ2n) is 7.94. The molecule has 2 aromatic rings. The molecule has 4 N–H and O–H groups in total. The van der Waals surface area contributed by atoms with Gasteiger partial charge in [0.25, 0.3) is 0 Å². The lowest BCUT2D eigenvalue weighted by Gasteiger charge is -2.41. The molecule has 10 heteroatoms.